The number of anilines is 1. The summed E-state index contributed by atoms with van der Waals surface area (Å²) in [7, 11) is 0. The topological polar surface area (TPSA) is 66.0 Å². The molecule has 3 N–H and O–H groups in total. The maximum Gasteiger partial charge on any atom is 0.226 e. The van der Waals surface area contributed by atoms with E-state index in [9.17, 15) is 4.79 Å². The Balaban J connectivity index is 1.66. The number of thiophene rings is 1. The molecule has 3 heterocycles. The van der Waals surface area contributed by atoms with E-state index in [-0.39, 0.29) is 11.9 Å². The Hall–Kier alpha value is -1.80. The van der Waals surface area contributed by atoms with Crippen LogP contribution in [0.15, 0.2) is 24.3 Å². The predicted octanol–water partition coefficient (Wildman–Crippen LogP) is 5.34. The molecule has 3 atom stereocenters. The molecule has 5 nitrogen and oxygen atoms in total. The summed E-state index contributed by atoms with van der Waals surface area (Å²) in [6.45, 7) is 9.41. The fourth-order valence-electron chi connectivity index (χ4n) is 3.96. The van der Waals surface area contributed by atoms with Crippen molar-refractivity contribution in [1.82, 2.24) is 15.6 Å². The van der Waals surface area contributed by atoms with E-state index < -0.39 is 0 Å². The highest BCUT2D eigenvalue weighted by Crippen LogP contribution is 2.47. The highest BCUT2D eigenvalue weighted by atomic mass is 32.1. The van der Waals surface area contributed by atoms with Gasteiger partial charge in [0.15, 0.2) is 0 Å². The van der Waals surface area contributed by atoms with Crippen molar-refractivity contribution < 1.29 is 4.79 Å². The van der Waals surface area contributed by atoms with E-state index in [4.69, 9.17) is 4.98 Å². The third kappa shape index (κ3) is 4.44. The quantitative estimate of drug-likeness (QED) is 0.462. The van der Waals surface area contributed by atoms with Gasteiger partial charge in [0.2, 0.25) is 5.91 Å². The van der Waals surface area contributed by atoms with Crippen LogP contribution in [0.5, 0.6) is 0 Å². The van der Waals surface area contributed by atoms with Gasteiger partial charge in [0.1, 0.15) is 10.0 Å². The molecule has 7 heteroatoms. The fourth-order valence-corrected chi connectivity index (χ4v) is 6.33. The van der Waals surface area contributed by atoms with Crippen LogP contribution in [-0.4, -0.2) is 29.5 Å². The van der Waals surface area contributed by atoms with E-state index in [2.05, 4.69) is 61.8 Å². The zero-order valence-electron chi connectivity index (χ0n) is 18.0. The molecule has 0 fully saturated rings. The summed E-state index contributed by atoms with van der Waals surface area (Å²) in [4.78, 5) is 19.0. The average molecular weight is 443 g/mol. The van der Waals surface area contributed by atoms with Gasteiger partial charge in [-0.15, -0.1) is 22.7 Å². The minimum absolute atomic E-state index is 0.0559. The minimum atomic E-state index is 0.0559. The lowest BCUT2D eigenvalue weighted by molar-refractivity contribution is -0.116. The number of aromatic nitrogens is 1. The van der Waals surface area contributed by atoms with E-state index in [0.29, 0.717) is 25.0 Å². The van der Waals surface area contributed by atoms with Crippen molar-refractivity contribution in [3.05, 3.63) is 34.7 Å². The van der Waals surface area contributed by atoms with Crippen molar-refractivity contribution in [2.45, 2.75) is 65.1 Å². The molecule has 30 heavy (non-hydrogen) atoms. The lowest BCUT2D eigenvalue weighted by Crippen LogP contribution is -2.35. The highest BCUT2D eigenvalue weighted by Gasteiger charge is 2.30. The third-order valence-electron chi connectivity index (χ3n) is 5.69. The molecule has 0 saturated carbocycles. The van der Waals surface area contributed by atoms with Crippen LogP contribution in [0.1, 0.15) is 57.0 Å². The van der Waals surface area contributed by atoms with Crippen LogP contribution < -0.4 is 16.0 Å². The second kappa shape index (κ2) is 9.14. The van der Waals surface area contributed by atoms with E-state index in [1.165, 1.54) is 15.1 Å². The van der Waals surface area contributed by atoms with E-state index in [1.807, 2.05) is 6.07 Å². The van der Waals surface area contributed by atoms with Crippen LogP contribution in [0.25, 0.3) is 20.8 Å². The summed E-state index contributed by atoms with van der Waals surface area (Å²) in [5.41, 5.74) is 3.48. The van der Waals surface area contributed by atoms with Crippen molar-refractivity contribution in [2.24, 2.45) is 0 Å². The highest BCUT2D eigenvalue weighted by molar-refractivity contribution is 7.23. The number of nitrogens with one attached hydrogen (secondary N) is 3. The zero-order chi connectivity index (χ0) is 21.3. The van der Waals surface area contributed by atoms with Crippen molar-refractivity contribution in [3.8, 4) is 10.6 Å². The molecule has 3 aromatic rings. The second-order valence-electron chi connectivity index (χ2n) is 8.19. The first-order valence-electron chi connectivity index (χ1n) is 10.8. The molecule has 0 unspecified atom stereocenters. The summed E-state index contributed by atoms with van der Waals surface area (Å²) in [5, 5.41) is 12.2. The van der Waals surface area contributed by atoms with Gasteiger partial charge in [-0.3, -0.25) is 4.79 Å². The molecular weight excluding hydrogens is 412 g/mol. The molecule has 0 bridgehead atoms. The maximum absolute atomic E-state index is 12.7. The van der Waals surface area contributed by atoms with Crippen LogP contribution in [0.4, 0.5) is 5.00 Å². The van der Waals surface area contributed by atoms with Crippen LogP contribution in [0.3, 0.4) is 0 Å². The first-order valence-corrected chi connectivity index (χ1v) is 12.4. The lowest BCUT2D eigenvalue weighted by Gasteiger charge is -2.26. The SMILES string of the molecule is CC[C@H](C)NCCC(=O)Nc1sc2c(c1-c1nc3ccccc3s1)C[C@H](C)N[C@H]2C. The number of hydrogen-bond acceptors (Lipinski definition) is 6. The minimum Gasteiger partial charge on any atom is -0.317 e. The predicted molar refractivity (Wildman–Crippen MR) is 129 cm³/mol. The first kappa shape index (κ1) is 21.4. The Bertz CT molecular complexity index is 1010. The van der Waals surface area contributed by atoms with Gasteiger partial charge in [0.25, 0.3) is 0 Å². The van der Waals surface area contributed by atoms with Crippen molar-refractivity contribution in [1.29, 1.82) is 0 Å². The first-order chi connectivity index (χ1) is 14.5. The zero-order valence-corrected chi connectivity index (χ0v) is 19.7. The summed E-state index contributed by atoms with van der Waals surface area (Å²) in [5.74, 6) is 0.0559. The number of carbonyl (C=O) groups excluding carboxylic acids is 1. The standard InChI is InChI=1S/C23H30N4OS2/c1-5-13(2)24-11-10-19(28)27-23-20(16-12-14(3)25-15(4)21(16)30-23)22-26-17-8-6-7-9-18(17)29-22/h6-9,13-15,24-25H,5,10-12H2,1-4H3,(H,27,28)/t13-,14-,15-/m0/s1. The molecule has 160 valence electrons. The van der Waals surface area contributed by atoms with Gasteiger partial charge in [0.05, 0.1) is 10.2 Å². The fraction of sp³-hybridized carbons (Fsp3) is 0.478. The maximum atomic E-state index is 12.7. The Morgan fingerprint density at radius 1 is 1.30 bits per heavy atom. The molecule has 1 aliphatic rings. The van der Waals surface area contributed by atoms with Gasteiger partial charge in [-0.05, 0) is 51.3 Å². The molecule has 1 aromatic carbocycles. The number of para-hydroxylation sites is 1. The van der Waals surface area contributed by atoms with Crippen LogP contribution >= 0.6 is 22.7 Å². The smallest absolute Gasteiger partial charge is 0.226 e. The number of carbonyl (C=O) groups is 1. The largest absolute Gasteiger partial charge is 0.317 e. The Morgan fingerprint density at radius 2 is 2.10 bits per heavy atom. The van der Waals surface area contributed by atoms with E-state index in [1.54, 1.807) is 22.7 Å². The van der Waals surface area contributed by atoms with Gasteiger partial charge in [-0.25, -0.2) is 4.98 Å². The van der Waals surface area contributed by atoms with Crippen LogP contribution in [0, 0.1) is 0 Å². The monoisotopic (exact) mass is 442 g/mol. The number of benzene rings is 1. The molecule has 1 aliphatic heterocycles. The number of amides is 1. The van der Waals surface area contributed by atoms with Crippen molar-refractivity contribution >= 4 is 43.8 Å². The number of hydrogen-bond donors (Lipinski definition) is 3. The van der Waals surface area contributed by atoms with Gasteiger partial charge < -0.3 is 16.0 Å². The number of rotatable bonds is 7. The number of thiazole rings is 1. The van der Waals surface area contributed by atoms with Gasteiger partial charge in [-0.1, -0.05) is 19.1 Å². The normalized spacial score (nSPS) is 19.6. The second-order valence-corrected chi connectivity index (χ2v) is 10.3. The average Bonchev–Trinajstić information content (AvgIpc) is 3.28. The summed E-state index contributed by atoms with van der Waals surface area (Å²) < 4.78 is 1.18. The summed E-state index contributed by atoms with van der Waals surface area (Å²) in [6.07, 6.45) is 2.48. The van der Waals surface area contributed by atoms with Gasteiger partial charge in [-0.2, -0.15) is 0 Å². The molecule has 0 radical (unpaired) electrons. The number of nitrogens with zero attached hydrogens (tertiary/aromatic N) is 1. The number of fused-ring (bicyclic) bond motifs is 2. The molecule has 1 amide bonds. The Labute approximate surface area is 186 Å². The van der Waals surface area contributed by atoms with Crippen molar-refractivity contribution in [3.63, 3.8) is 0 Å². The molecular formula is C23H30N4OS2. The molecule has 2 aromatic heterocycles. The Morgan fingerprint density at radius 3 is 2.87 bits per heavy atom. The summed E-state index contributed by atoms with van der Waals surface area (Å²) in [6, 6.07) is 9.35. The molecule has 0 spiro atoms. The molecule has 4 rings (SSSR count). The van der Waals surface area contributed by atoms with E-state index in [0.717, 1.165) is 33.9 Å². The molecule has 0 aliphatic carbocycles. The Kier molecular flexibility index (Phi) is 6.53. The van der Waals surface area contributed by atoms with E-state index >= 15 is 0 Å². The molecule has 0 saturated heterocycles. The van der Waals surface area contributed by atoms with Crippen LogP contribution in [0.2, 0.25) is 0 Å². The third-order valence-corrected chi connectivity index (χ3v) is 8.08. The lowest BCUT2D eigenvalue weighted by atomic mass is 9.95. The van der Waals surface area contributed by atoms with Gasteiger partial charge >= 0.3 is 0 Å². The van der Waals surface area contributed by atoms with Gasteiger partial charge in [0, 0.05) is 41.5 Å². The van der Waals surface area contributed by atoms with Crippen LogP contribution in [-0.2, 0) is 11.2 Å². The summed E-state index contributed by atoms with van der Waals surface area (Å²) >= 11 is 3.41. The van der Waals surface area contributed by atoms with Crippen molar-refractivity contribution in [2.75, 3.05) is 11.9 Å².